The number of anilines is 3. The van der Waals surface area contributed by atoms with Crippen molar-refractivity contribution in [1.82, 2.24) is 20.6 Å². The summed E-state index contributed by atoms with van der Waals surface area (Å²) in [5.41, 5.74) is 4.99. The van der Waals surface area contributed by atoms with Gasteiger partial charge in [-0.05, 0) is 57.7 Å². The molecule has 1 saturated carbocycles. The highest BCUT2D eigenvalue weighted by Gasteiger charge is 2.24. The van der Waals surface area contributed by atoms with Gasteiger partial charge in [-0.15, -0.1) is 11.3 Å². The first-order valence-corrected chi connectivity index (χ1v) is 12.2. The van der Waals surface area contributed by atoms with Crippen molar-refractivity contribution in [3.8, 4) is 0 Å². The van der Waals surface area contributed by atoms with Gasteiger partial charge in [-0.1, -0.05) is 0 Å². The van der Waals surface area contributed by atoms with Crippen molar-refractivity contribution in [3.05, 3.63) is 41.5 Å². The number of aromatic nitrogens is 2. The maximum Gasteiger partial charge on any atom is 0.255 e. The lowest BCUT2D eigenvalue weighted by Crippen LogP contribution is -2.43. The van der Waals surface area contributed by atoms with Crippen LogP contribution in [-0.4, -0.2) is 39.9 Å². The number of carbonyl (C=O) groups is 2. The summed E-state index contributed by atoms with van der Waals surface area (Å²) in [6.45, 7) is 5.62. The van der Waals surface area contributed by atoms with E-state index < -0.39 is 0 Å². The van der Waals surface area contributed by atoms with E-state index in [1.807, 2.05) is 43.6 Å². The van der Waals surface area contributed by atoms with Crippen molar-refractivity contribution in [2.45, 2.75) is 64.6 Å². The van der Waals surface area contributed by atoms with Gasteiger partial charge in [-0.3, -0.25) is 9.59 Å². The van der Waals surface area contributed by atoms with Crippen molar-refractivity contribution >= 4 is 50.6 Å². The highest BCUT2D eigenvalue weighted by atomic mass is 32.1. The molecule has 33 heavy (non-hydrogen) atoms. The fourth-order valence-electron chi connectivity index (χ4n) is 4.15. The lowest BCUT2D eigenvalue weighted by atomic mass is 9.91. The van der Waals surface area contributed by atoms with Crippen LogP contribution in [0.15, 0.2) is 36.0 Å². The van der Waals surface area contributed by atoms with Gasteiger partial charge >= 0.3 is 0 Å². The molecule has 0 atom stereocenters. The average molecular weight is 467 g/mol. The second-order valence-electron chi connectivity index (χ2n) is 8.80. The van der Waals surface area contributed by atoms with Crippen LogP contribution in [0.25, 0.3) is 10.2 Å². The quantitative estimate of drug-likeness (QED) is 0.410. The average Bonchev–Trinajstić information content (AvgIpc) is 3.22. The summed E-state index contributed by atoms with van der Waals surface area (Å²) in [4.78, 5) is 33.2. The molecule has 2 amide bonds. The second-order valence-corrected chi connectivity index (χ2v) is 9.68. The zero-order valence-electron chi connectivity index (χ0n) is 19.1. The Balaban J connectivity index is 1.45. The molecule has 4 N–H and O–H groups in total. The number of thiazole rings is 1. The van der Waals surface area contributed by atoms with Gasteiger partial charge in [0.25, 0.3) is 5.91 Å². The molecule has 2 heterocycles. The summed E-state index contributed by atoms with van der Waals surface area (Å²) >= 11 is 1.59. The smallest absolute Gasteiger partial charge is 0.255 e. The Morgan fingerprint density at radius 2 is 1.76 bits per heavy atom. The van der Waals surface area contributed by atoms with Gasteiger partial charge in [0, 0.05) is 43.0 Å². The minimum absolute atomic E-state index is 0.00126. The Morgan fingerprint density at radius 1 is 1.03 bits per heavy atom. The first kappa shape index (κ1) is 23.0. The molecular formula is C24H30N6O2S. The molecule has 0 radical (unpaired) electrons. The number of amides is 2. The largest absolute Gasteiger partial charge is 0.382 e. The molecule has 0 aliphatic heterocycles. The molecule has 0 spiro atoms. The highest BCUT2D eigenvalue weighted by Crippen LogP contribution is 2.27. The molecule has 1 aliphatic carbocycles. The molecule has 1 aromatic carbocycles. The summed E-state index contributed by atoms with van der Waals surface area (Å²) in [7, 11) is 0. The fraction of sp³-hybridized carbons (Fsp3) is 0.417. The molecule has 174 valence electrons. The van der Waals surface area contributed by atoms with E-state index in [-0.39, 0.29) is 29.9 Å². The zero-order chi connectivity index (χ0) is 23.4. The molecule has 9 heteroatoms. The second kappa shape index (κ2) is 10.2. The van der Waals surface area contributed by atoms with Crippen LogP contribution in [0.4, 0.5) is 17.2 Å². The predicted molar refractivity (Wildman–Crippen MR) is 133 cm³/mol. The van der Waals surface area contributed by atoms with E-state index in [0.29, 0.717) is 11.4 Å². The Labute approximate surface area is 197 Å². The Morgan fingerprint density at radius 3 is 2.45 bits per heavy atom. The van der Waals surface area contributed by atoms with Gasteiger partial charge in [-0.25, -0.2) is 9.97 Å². The summed E-state index contributed by atoms with van der Waals surface area (Å²) in [5.74, 6) is 0.527. The predicted octanol–water partition coefficient (Wildman–Crippen LogP) is 4.43. The molecule has 1 aliphatic rings. The molecule has 3 aromatic rings. The molecule has 0 saturated heterocycles. The van der Waals surface area contributed by atoms with Crippen molar-refractivity contribution in [3.63, 3.8) is 0 Å². The van der Waals surface area contributed by atoms with Crippen LogP contribution in [0.3, 0.4) is 0 Å². The van der Waals surface area contributed by atoms with E-state index in [4.69, 9.17) is 0 Å². The fourth-order valence-corrected chi connectivity index (χ4v) is 4.86. The van der Waals surface area contributed by atoms with Crippen LogP contribution >= 0.6 is 11.3 Å². The molecule has 8 nitrogen and oxygen atoms in total. The number of pyridine rings is 1. The monoisotopic (exact) mass is 466 g/mol. The number of nitrogens with one attached hydrogen (secondary N) is 4. The maximum absolute atomic E-state index is 13.1. The van der Waals surface area contributed by atoms with Gasteiger partial charge in [0.1, 0.15) is 5.82 Å². The number of fused-ring (bicyclic) bond motifs is 1. The van der Waals surface area contributed by atoms with E-state index in [0.717, 1.165) is 47.3 Å². The maximum atomic E-state index is 13.1. The van der Waals surface area contributed by atoms with Gasteiger partial charge in [-0.2, -0.15) is 0 Å². The van der Waals surface area contributed by atoms with Crippen LogP contribution in [-0.2, 0) is 4.79 Å². The lowest BCUT2D eigenvalue weighted by Gasteiger charge is -2.29. The summed E-state index contributed by atoms with van der Waals surface area (Å²) in [6.07, 6.45) is 5.05. The van der Waals surface area contributed by atoms with Crippen LogP contribution < -0.4 is 21.3 Å². The number of rotatable bonds is 7. The SMILES string of the molecule is CC(=O)N[C@H]1CC[C@@H](NC(=O)c2cnc(Nc3ccc4ncsc4c3)cc2NC(C)C)CC1. The molecule has 2 aromatic heterocycles. The van der Waals surface area contributed by atoms with Crippen LogP contribution in [0.2, 0.25) is 0 Å². The lowest BCUT2D eigenvalue weighted by molar-refractivity contribution is -0.119. The normalized spacial score (nSPS) is 18.2. The third-order valence-corrected chi connectivity index (χ3v) is 6.46. The van der Waals surface area contributed by atoms with Gasteiger partial charge in [0.2, 0.25) is 5.91 Å². The van der Waals surface area contributed by atoms with Crippen LogP contribution in [0.1, 0.15) is 56.8 Å². The van der Waals surface area contributed by atoms with E-state index in [2.05, 4.69) is 31.2 Å². The van der Waals surface area contributed by atoms with Gasteiger partial charge < -0.3 is 21.3 Å². The van der Waals surface area contributed by atoms with Crippen molar-refractivity contribution in [2.75, 3.05) is 10.6 Å². The number of benzene rings is 1. The third-order valence-electron chi connectivity index (χ3n) is 5.67. The Bertz CT molecular complexity index is 1140. The number of hydrogen-bond acceptors (Lipinski definition) is 7. The minimum atomic E-state index is -0.133. The van der Waals surface area contributed by atoms with Crippen molar-refractivity contribution in [2.24, 2.45) is 0 Å². The summed E-state index contributed by atoms with van der Waals surface area (Å²) in [6, 6.07) is 8.32. The van der Waals surface area contributed by atoms with Gasteiger partial charge in [0.05, 0.1) is 27.0 Å². The molecule has 0 bridgehead atoms. The Hall–Kier alpha value is -3.20. The number of carbonyl (C=O) groups excluding carboxylic acids is 2. The minimum Gasteiger partial charge on any atom is -0.382 e. The molecule has 0 unspecified atom stereocenters. The first-order valence-electron chi connectivity index (χ1n) is 11.3. The number of hydrogen-bond donors (Lipinski definition) is 4. The highest BCUT2D eigenvalue weighted by molar-refractivity contribution is 7.16. The molecular weight excluding hydrogens is 436 g/mol. The topological polar surface area (TPSA) is 108 Å². The van der Waals surface area contributed by atoms with E-state index in [1.54, 1.807) is 24.5 Å². The van der Waals surface area contributed by atoms with Crippen LogP contribution in [0, 0.1) is 0 Å². The van der Waals surface area contributed by atoms with Crippen molar-refractivity contribution < 1.29 is 9.59 Å². The van der Waals surface area contributed by atoms with E-state index in [9.17, 15) is 9.59 Å². The molecule has 1 fully saturated rings. The van der Waals surface area contributed by atoms with Gasteiger partial charge in [0.15, 0.2) is 0 Å². The summed E-state index contributed by atoms with van der Waals surface area (Å²) in [5, 5.41) is 12.8. The first-order chi connectivity index (χ1) is 15.9. The van der Waals surface area contributed by atoms with Crippen molar-refractivity contribution in [1.29, 1.82) is 0 Å². The Kier molecular flexibility index (Phi) is 7.08. The standard InChI is InChI=1S/C24H30N6O2S/c1-14(2)27-21-11-23(29-18-8-9-20-22(10-18)33-13-26-20)25-12-19(21)24(32)30-17-6-4-16(5-7-17)28-15(3)31/h8-14,16-17H,4-7H2,1-3H3,(H,28,31)(H,30,32)(H2,25,27,29)/t16-,17+. The van der Waals surface area contributed by atoms with Crippen LogP contribution in [0.5, 0.6) is 0 Å². The zero-order valence-corrected chi connectivity index (χ0v) is 20.0. The number of nitrogens with zero attached hydrogens (tertiary/aromatic N) is 2. The molecule has 4 rings (SSSR count). The van der Waals surface area contributed by atoms with E-state index in [1.165, 1.54) is 0 Å². The van der Waals surface area contributed by atoms with E-state index >= 15 is 0 Å². The summed E-state index contributed by atoms with van der Waals surface area (Å²) < 4.78 is 1.10. The third kappa shape index (κ3) is 5.98.